The van der Waals surface area contributed by atoms with E-state index in [0.717, 1.165) is 25.7 Å². The maximum atomic E-state index is 11.0. The van der Waals surface area contributed by atoms with Crippen molar-refractivity contribution in [2.24, 2.45) is 10.9 Å². The molecule has 14 heavy (non-hydrogen) atoms. The molecule has 2 rings (SSSR count). The van der Waals surface area contributed by atoms with Gasteiger partial charge in [-0.15, -0.1) is 0 Å². The van der Waals surface area contributed by atoms with Gasteiger partial charge in [-0.1, -0.05) is 19.3 Å². The third kappa shape index (κ3) is 2.27. The van der Waals surface area contributed by atoms with Gasteiger partial charge in [-0.3, -0.25) is 0 Å². The van der Waals surface area contributed by atoms with Crippen LogP contribution in [0.25, 0.3) is 0 Å². The van der Waals surface area contributed by atoms with E-state index in [1.807, 2.05) is 0 Å². The summed E-state index contributed by atoms with van der Waals surface area (Å²) in [5.41, 5.74) is 0. The second-order valence-corrected chi connectivity index (χ2v) is 3.88. The van der Waals surface area contributed by atoms with Crippen molar-refractivity contribution < 1.29 is 14.6 Å². The number of carbonyl (C=O) groups is 1. The van der Waals surface area contributed by atoms with E-state index in [-0.39, 0.29) is 5.92 Å². The molecule has 1 saturated carbocycles. The van der Waals surface area contributed by atoms with Gasteiger partial charge < -0.3 is 9.76 Å². The smallest absolute Gasteiger partial charge is 0.474 e. The van der Waals surface area contributed by atoms with E-state index in [0.29, 0.717) is 5.80 Å². The van der Waals surface area contributed by atoms with Gasteiger partial charge in [0, 0.05) is 0 Å². The number of carboxylic acids is 1. The third-order valence-corrected chi connectivity index (χ3v) is 2.84. The summed E-state index contributed by atoms with van der Waals surface area (Å²) in [7, 11) is 1.48. The lowest BCUT2D eigenvalue weighted by Gasteiger charge is -2.24. The summed E-state index contributed by atoms with van der Waals surface area (Å²) < 4.78 is 4.74. The third-order valence-electron chi connectivity index (χ3n) is 2.84. The average molecular weight is 194 g/mol. The Bertz CT molecular complexity index is 255. The molecule has 0 spiro atoms. The lowest BCUT2D eigenvalue weighted by molar-refractivity contribution is -0.140. The van der Waals surface area contributed by atoms with Crippen LogP contribution >= 0.6 is 0 Å². The first-order valence-electron chi connectivity index (χ1n) is 5.08. The van der Waals surface area contributed by atoms with Gasteiger partial charge >= 0.3 is 13.5 Å². The van der Waals surface area contributed by atoms with Crippen LogP contribution in [0, 0.1) is 5.92 Å². The maximum Gasteiger partial charge on any atom is 0.474 e. The Labute approximate surface area is 83.6 Å². The van der Waals surface area contributed by atoms with Crippen molar-refractivity contribution in [3.63, 3.8) is 0 Å². The van der Waals surface area contributed by atoms with E-state index in [4.69, 9.17) is 9.76 Å². The number of hydrogen-bond acceptors (Lipinski definition) is 3. The van der Waals surface area contributed by atoms with Crippen LogP contribution in [0.2, 0.25) is 0 Å². The largest absolute Gasteiger partial charge is 0.549 e. The normalized spacial score (nSPS) is 26.4. The molecule has 4 nitrogen and oxygen atoms in total. The molecule has 1 aliphatic carbocycles. The van der Waals surface area contributed by atoms with Crippen LogP contribution in [0.5, 0.6) is 0 Å². The molecule has 1 saturated heterocycles. The van der Waals surface area contributed by atoms with E-state index in [1.54, 1.807) is 0 Å². The van der Waals surface area contributed by atoms with E-state index in [9.17, 15) is 4.79 Å². The monoisotopic (exact) mass is 194 g/mol. The number of carboxylic acid groups (broad SMARTS) is 1. The topological polar surface area (TPSA) is 62.2 Å². The van der Waals surface area contributed by atoms with Crippen molar-refractivity contribution in [2.75, 3.05) is 0 Å². The van der Waals surface area contributed by atoms with E-state index in [1.165, 1.54) is 13.9 Å². The molecular weight excluding hydrogens is 181 g/mol. The molecule has 5 heteroatoms. The summed E-state index contributed by atoms with van der Waals surface area (Å²) in [5.74, 6) is -0.136. The number of nitrogens with zero attached hydrogens (tertiary/aromatic N) is 1. The van der Waals surface area contributed by atoms with Crippen molar-refractivity contribution in [3.05, 3.63) is 0 Å². The Hall–Kier alpha value is -0.995. The second kappa shape index (κ2) is 4.03. The van der Waals surface area contributed by atoms with E-state index >= 15 is 0 Å². The number of aliphatic imine (C=N–C) groups is 1. The summed E-state index contributed by atoms with van der Waals surface area (Å²) >= 11 is 0. The zero-order valence-corrected chi connectivity index (χ0v) is 7.98. The van der Waals surface area contributed by atoms with Crippen molar-refractivity contribution in [1.29, 1.82) is 0 Å². The summed E-state index contributed by atoms with van der Waals surface area (Å²) in [6.45, 7) is 0. The molecule has 2 aliphatic rings. The first-order chi connectivity index (χ1) is 6.77. The highest BCUT2D eigenvalue weighted by Crippen LogP contribution is 2.28. The quantitative estimate of drug-likeness (QED) is 0.538. The van der Waals surface area contributed by atoms with Gasteiger partial charge in [0.05, 0.1) is 0 Å². The van der Waals surface area contributed by atoms with Gasteiger partial charge in [-0.25, -0.2) is 9.79 Å². The zero-order chi connectivity index (χ0) is 9.97. The molecule has 1 radical (unpaired) electrons. The highest BCUT2D eigenvalue weighted by atomic mass is 16.5. The molecule has 0 aromatic rings. The SMILES string of the molecule is O=C(O)[C@@H](N=C1[B]O1)C1CCCCC1. The first kappa shape index (κ1) is 9.56. The fraction of sp³-hybridized carbons (Fsp3) is 0.778. The summed E-state index contributed by atoms with van der Waals surface area (Å²) in [5, 5.41) is 9.03. The van der Waals surface area contributed by atoms with E-state index < -0.39 is 12.0 Å². The Morgan fingerprint density at radius 3 is 2.64 bits per heavy atom. The Balaban J connectivity index is 2.00. The van der Waals surface area contributed by atoms with Crippen molar-refractivity contribution in [1.82, 2.24) is 0 Å². The molecule has 0 unspecified atom stereocenters. The standard InChI is InChI=1S/C9H13BNO3/c12-8(13)7(11-9-10-14-9)6-4-2-1-3-5-6/h6-7H,1-5H2,(H,12,13)/t7-/m0/s1. The fourth-order valence-corrected chi connectivity index (χ4v) is 2.04. The molecule has 75 valence electrons. The molecule has 0 amide bonds. The van der Waals surface area contributed by atoms with Crippen LogP contribution in [-0.2, 0) is 9.45 Å². The minimum Gasteiger partial charge on any atom is -0.549 e. The van der Waals surface area contributed by atoms with Crippen molar-refractivity contribution in [3.8, 4) is 0 Å². The molecular formula is C9H13BNO3. The average Bonchev–Trinajstić information content (AvgIpc) is 2.99. The Morgan fingerprint density at radius 1 is 1.50 bits per heavy atom. The van der Waals surface area contributed by atoms with Gasteiger partial charge in [0.1, 0.15) is 0 Å². The molecule has 0 bridgehead atoms. The maximum absolute atomic E-state index is 11.0. The lowest BCUT2D eigenvalue weighted by Crippen LogP contribution is -2.29. The van der Waals surface area contributed by atoms with Crippen molar-refractivity contribution >= 4 is 19.2 Å². The van der Waals surface area contributed by atoms with Gasteiger partial charge in [-0.2, -0.15) is 0 Å². The molecule has 2 fully saturated rings. The van der Waals surface area contributed by atoms with Crippen LogP contribution in [0.4, 0.5) is 0 Å². The molecule has 1 heterocycles. The second-order valence-electron chi connectivity index (χ2n) is 3.88. The van der Waals surface area contributed by atoms with Gasteiger partial charge in [0.25, 0.3) is 0 Å². The predicted molar refractivity (Wildman–Crippen MR) is 52.3 cm³/mol. The summed E-state index contributed by atoms with van der Waals surface area (Å²) in [6, 6.07) is -0.593. The van der Waals surface area contributed by atoms with Gasteiger partial charge in [-0.05, 0) is 18.8 Å². The Kier molecular flexibility index (Phi) is 2.75. The zero-order valence-electron chi connectivity index (χ0n) is 7.98. The van der Waals surface area contributed by atoms with Crippen LogP contribution in [0.15, 0.2) is 4.99 Å². The first-order valence-corrected chi connectivity index (χ1v) is 5.08. The highest BCUT2D eigenvalue weighted by molar-refractivity contribution is 6.83. The fourth-order valence-electron chi connectivity index (χ4n) is 2.04. The molecule has 1 N–H and O–H groups in total. The van der Waals surface area contributed by atoms with Crippen LogP contribution in [0.1, 0.15) is 32.1 Å². The minimum atomic E-state index is -0.826. The highest BCUT2D eigenvalue weighted by Gasteiger charge is 2.32. The van der Waals surface area contributed by atoms with E-state index in [2.05, 4.69) is 4.99 Å². The van der Waals surface area contributed by atoms with Crippen LogP contribution in [-0.4, -0.2) is 30.4 Å². The van der Waals surface area contributed by atoms with Gasteiger partial charge in [0.15, 0.2) is 11.8 Å². The predicted octanol–water partition coefficient (Wildman–Crippen LogP) is 1.03. The van der Waals surface area contributed by atoms with Gasteiger partial charge in [0.2, 0.25) is 0 Å². The number of hydrogen-bond donors (Lipinski definition) is 1. The lowest BCUT2D eigenvalue weighted by atomic mass is 9.84. The Morgan fingerprint density at radius 2 is 2.14 bits per heavy atom. The molecule has 0 aromatic carbocycles. The minimum absolute atomic E-state index is 0.200. The molecule has 1 aliphatic heterocycles. The summed E-state index contributed by atoms with van der Waals surface area (Å²) in [4.78, 5) is 15.0. The van der Waals surface area contributed by atoms with Crippen molar-refractivity contribution in [2.45, 2.75) is 38.1 Å². The molecule has 0 aromatic heterocycles. The molecule has 1 atom stereocenters. The number of rotatable bonds is 3. The number of aliphatic carboxylic acids is 1. The van der Waals surface area contributed by atoms with Crippen LogP contribution < -0.4 is 0 Å². The summed E-state index contributed by atoms with van der Waals surface area (Å²) in [6.07, 6.45) is 5.44. The van der Waals surface area contributed by atoms with Crippen LogP contribution in [0.3, 0.4) is 0 Å².